The van der Waals surface area contributed by atoms with Crippen LogP contribution in [0.15, 0.2) is 18.2 Å². The highest BCUT2D eigenvalue weighted by Gasteiger charge is 2.11. The van der Waals surface area contributed by atoms with Gasteiger partial charge in [0.2, 0.25) is 0 Å². The molecule has 1 rings (SSSR count). The zero-order valence-corrected chi connectivity index (χ0v) is 9.05. The van der Waals surface area contributed by atoms with Gasteiger partial charge in [-0.15, -0.1) is 0 Å². The summed E-state index contributed by atoms with van der Waals surface area (Å²) < 4.78 is 13.0. The highest BCUT2D eigenvalue weighted by Crippen LogP contribution is 2.22. The number of hydrogen-bond acceptors (Lipinski definition) is 1. The molecule has 0 aliphatic rings. The first-order chi connectivity index (χ1) is 6.50. The summed E-state index contributed by atoms with van der Waals surface area (Å²) in [5.41, 5.74) is 8.00. The Balaban J connectivity index is 2.88. The predicted molar refractivity (Wildman–Crippen MR) is 57.5 cm³/mol. The quantitative estimate of drug-likeness (QED) is 0.787. The predicted octanol–water partition coefficient (Wildman–Crippen LogP) is 3.18. The molecule has 2 heteroatoms. The van der Waals surface area contributed by atoms with E-state index in [1.807, 2.05) is 6.92 Å². The van der Waals surface area contributed by atoms with Crippen LogP contribution in [0.4, 0.5) is 4.39 Å². The van der Waals surface area contributed by atoms with Crippen molar-refractivity contribution in [3.63, 3.8) is 0 Å². The van der Waals surface area contributed by atoms with Crippen molar-refractivity contribution in [2.75, 3.05) is 0 Å². The van der Waals surface area contributed by atoms with Crippen LogP contribution in [-0.2, 0) is 0 Å². The summed E-state index contributed by atoms with van der Waals surface area (Å²) in [6, 6.07) is 4.75. The molecule has 14 heavy (non-hydrogen) atoms. The maximum absolute atomic E-state index is 13.0. The van der Waals surface area contributed by atoms with Crippen molar-refractivity contribution in [1.29, 1.82) is 0 Å². The summed E-state index contributed by atoms with van der Waals surface area (Å²) in [6.07, 6.45) is 0.893. The van der Waals surface area contributed by atoms with Crippen LogP contribution in [0.2, 0.25) is 0 Å². The molecular weight excluding hydrogens is 177 g/mol. The fourth-order valence-electron chi connectivity index (χ4n) is 1.65. The van der Waals surface area contributed by atoms with Crippen molar-refractivity contribution in [3.8, 4) is 0 Å². The largest absolute Gasteiger partial charge is 0.324 e. The SMILES string of the molecule is Cc1ccc(F)cc1[C@H](N)CC(C)C. The molecule has 0 fully saturated rings. The molecule has 0 bridgehead atoms. The second-order valence-corrected chi connectivity index (χ2v) is 4.24. The van der Waals surface area contributed by atoms with Crippen molar-refractivity contribution in [2.45, 2.75) is 33.2 Å². The minimum atomic E-state index is -0.204. The van der Waals surface area contributed by atoms with Crippen molar-refractivity contribution in [2.24, 2.45) is 11.7 Å². The van der Waals surface area contributed by atoms with Gasteiger partial charge >= 0.3 is 0 Å². The normalized spacial score (nSPS) is 13.3. The molecular formula is C12H18FN. The van der Waals surface area contributed by atoms with Crippen LogP contribution in [0.25, 0.3) is 0 Å². The van der Waals surface area contributed by atoms with Gasteiger partial charge in [0, 0.05) is 6.04 Å². The third kappa shape index (κ3) is 2.81. The minimum Gasteiger partial charge on any atom is -0.324 e. The number of hydrogen-bond donors (Lipinski definition) is 1. The Labute approximate surface area is 85.1 Å². The zero-order valence-electron chi connectivity index (χ0n) is 9.05. The first-order valence-corrected chi connectivity index (χ1v) is 5.02. The van der Waals surface area contributed by atoms with E-state index in [-0.39, 0.29) is 11.9 Å². The van der Waals surface area contributed by atoms with Gasteiger partial charge in [0.15, 0.2) is 0 Å². The molecule has 0 spiro atoms. The van der Waals surface area contributed by atoms with Gasteiger partial charge in [-0.05, 0) is 42.5 Å². The average Bonchev–Trinajstić information content (AvgIpc) is 2.08. The van der Waals surface area contributed by atoms with Crippen LogP contribution in [0, 0.1) is 18.7 Å². The van der Waals surface area contributed by atoms with E-state index < -0.39 is 0 Å². The lowest BCUT2D eigenvalue weighted by Gasteiger charge is -2.16. The molecule has 0 amide bonds. The summed E-state index contributed by atoms with van der Waals surface area (Å²) in [4.78, 5) is 0. The fraction of sp³-hybridized carbons (Fsp3) is 0.500. The van der Waals surface area contributed by atoms with E-state index in [0.717, 1.165) is 17.5 Å². The fourth-order valence-corrected chi connectivity index (χ4v) is 1.65. The Hall–Kier alpha value is -0.890. The zero-order chi connectivity index (χ0) is 10.7. The van der Waals surface area contributed by atoms with Crippen LogP contribution in [-0.4, -0.2) is 0 Å². The van der Waals surface area contributed by atoms with Gasteiger partial charge in [-0.25, -0.2) is 4.39 Å². The molecule has 2 N–H and O–H groups in total. The van der Waals surface area contributed by atoms with Gasteiger partial charge in [0.1, 0.15) is 5.82 Å². The number of benzene rings is 1. The highest BCUT2D eigenvalue weighted by atomic mass is 19.1. The standard InChI is InChI=1S/C12H18FN/c1-8(2)6-12(14)11-7-10(13)5-4-9(11)3/h4-5,7-8,12H,6,14H2,1-3H3/t12-/m1/s1. The Morgan fingerprint density at radius 3 is 2.57 bits per heavy atom. The maximum Gasteiger partial charge on any atom is 0.123 e. The van der Waals surface area contributed by atoms with Gasteiger partial charge in [0.05, 0.1) is 0 Å². The van der Waals surface area contributed by atoms with Crippen LogP contribution in [0.5, 0.6) is 0 Å². The highest BCUT2D eigenvalue weighted by molar-refractivity contribution is 5.29. The molecule has 0 aliphatic carbocycles. The third-order valence-electron chi connectivity index (χ3n) is 2.37. The van der Waals surface area contributed by atoms with E-state index in [0.29, 0.717) is 5.92 Å². The monoisotopic (exact) mass is 195 g/mol. The van der Waals surface area contributed by atoms with Gasteiger partial charge in [-0.3, -0.25) is 0 Å². The van der Waals surface area contributed by atoms with Crippen molar-refractivity contribution in [1.82, 2.24) is 0 Å². The second-order valence-electron chi connectivity index (χ2n) is 4.24. The minimum absolute atomic E-state index is 0.0503. The molecule has 0 aliphatic heterocycles. The van der Waals surface area contributed by atoms with Gasteiger partial charge in [-0.1, -0.05) is 19.9 Å². The van der Waals surface area contributed by atoms with Gasteiger partial charge in [-0.2, -0.15) is 0 Å². The van der Waals surface area contributed by atoms with Crippen molar-refractivity contribution in [3.05, 3.63) is 35.1 Å². The molecule has 0 aromatic heterocycles. The number of aryl methyl sites for hydroxylation is 1. The summed E-state index contributed by atoms with van der Waals surface area (Å²) in [5.74, 6) is 0.331. The molecule has 0 unspecified atom stereocenters. The summed E-state index contributed by atoms with van der Waals surface area (Å²) in [6.45, 7) is 6.21. The van der Waals surface area contributed by atoms with E-state index in [9.17, 15) is 4.39 Å². The van der Waals surface area contributed by atoms with E-state index in [4.69, 9.17) is 5.73 Å². The van der Waals surface area contributed by atoms with E-state index in [2.05, 4.69) is 13.8 Å². The third-order valence-corrected chi connectivity index (χ3v) is 2.37. The van der Waals surface area contributed by atoms with Crippen LogP contribution < -0.4 is 5.73 Å². The van der Waals surface area contributed by atoms with E-state index >= 15 is 0 Å². The molecule has 1 aromatic rings. The molecule has 0 heterocycles. The second kappa shape index (κ2) is 4.56. The Morgan fingerprint density at radius 1 is 1.36 bits per heavy atom. The van der Waals surface area contributed by atoms with Gasteiger partial charge in [0.25, 0.3) is 0 Å². The number of rotatable bonds is 3. The maximum atomic E-state index is 13.0. The lowest BCUT2D eigenvalue weighted by molar-refractivity contribution is 0.505. The molecule has 1 nitrogen and oxygen atoms in total. The molecule has 1 atom stereocenters. The van der Waals surface area contributed by atoms with E-state index in [1.165, 1.54) is 6.07 Å². The molecule has 0 saturated carbocycles. The summed E-state index contributed by atoms with van der Waals surface area (Å²) >= 11 is 0. The van der Waals surface area contributed by atoms with Crippen LogP contribution >= 0.6 is 0 Å². The molecule has 1 aromatic carbocycles. The van der Waals surface area contributed by atoms with E-state index in [1.54, 1.807) is 12.1 Å². The lowest BCUT2D eigenvalue weighted by Crippen LogP contribution is -2.14. The summed E-state index contributed by atoms with van der Waals surface area (Å²) in [7, 11) is 0. The Bertz CT molecular complexity index is 307. The summed E-state index contributed by atoms with van der Waals surface area (Å²) in [5, 5.41) is 0. The molecule has 0 saturated heterocycles. The number of nitrogens with two attached hydrogens (primary N) is 1. The Kier molecular flexibility index (Phi) is 3.64. The first kappa shape index (κ1) is 11.2. The van der Waals surface area contributed by atoms with Crippen LogP contribution in [0.3, 0.4) is 0 Å². The molecule has 0 radical (unpaired) electrons. The smallest absolute Gasteiger partial charge is 0.123 e. The topological polar surface area (TPSA) is 26.0 Å². The van der Waals surface area contributed by atoms with Crippen molar-refractivity contribution < 1.29 is 4.39 Å². The first-order valence-electron chi connectivity index (χ1n) is 5.02. The lowest BCUT2D eigenvalue weighted by atomic mass is 9.94. The average molecular weight is 195 g/mol. The van der Waals surface area contributed by atoms with Crippen molar-refractivity contribution >= 4 is 0 Å². The molecule has 78 valence electrons. The van der Waals surface area contributed by atoms with Gasteiger partial charge < -0.3 is 5.73 Å². The number of halogens is 1. The van der Waals surface area contributed by atoms with Crippen LogP contribution in [0.1, 0.15) is 37.4 Å². The Morgan fingerprint density at radius 2 is 2.00 bits per heavy atom.